The van der Waals surface area contributed by atoms with Crippen LogP contribution in [-0.2, 0) is 14.8 Å². The molecule has 1 fully saturated rings. The summed E-state index contributed by atoms with van der Waals surface area (Å²) in [6.07, 6.45) is 0.661. The number of carboxylic acid groups (broad SMARTS) is 1. The van der Waals surface area contributed by atoms with Crippen molar-refractivity contribution in [2.75, 3.05) is 19.8 Å². The molecule has 1 atom stereocenters. The highest BCUT2D eigenvalue weighted by atomic mass is 32.2. The molecule has 1 aromatic rings. The normalized spacial score (nSPS) is 21.0. The summed E-state index contributed by atoms with van der Waals surface area (Å²) in [7, 11) is -3.67. The summed E-state index contributed by atoms with van der Waals surface area (Å²) in [5, 5.41) is 8.98. The van der Waals surface area contributed by atoms with Gasteiger partial charge < -0.3 is 9.84 Å². The van der Waals surface area contributed by atoms with Crippen LogP contribution >= 0.6 is 11.3 Å². The van der Waals surface area contributed by atoms with Crippen molar-refractivity contribution in [2.24, 2.45) is 0 Å². The maximum Gasteiger partial charge on any atom is 0.345 e. The third-order valence-electron chi connectivity index (χ3n) is 3.31. The molecule has 0 aliphatic carbocycles. The van der Waals surface area contributed by atoms with Crippen molar-refractivity contribution in [1.82, 2.24) is 4.31 Å². The Hall–Kier alpha value is -0.960. The Morgan fingerprint density at radius 3 is 2.85 bits per heavy atom. The topological polar surface area (TPSA) is 83.9 Å². The molecule has 0 saturated carbocycles. The summed E-state index contributed by atoms with van der Waals surface area (Å²) >= 11 is 0.986. The molecule has 8 heteroatoms. The molecule has 6 nitrogen and oxygen atoms in total. The monoisotopic (exact) mass is 319 g/mol. The molecular weight excluding hydrogens is 302 g/mol. The van der Waals surface area contributed by atoms with Gasteiger partial charge in [0.25, 0.3) is 0 Å². The molecular formula is C12H17NO5S2. The van der Waals surface area contributed by atoms with Crippen LogP contribution in [0.5, 0.6) is 0 Å². The number of hydrogen-bond acceptors (Lipinski definition) is 5. The highest BCUT2D eigenvalue weighted by molar-refractivity contribution is 7.89. The molecule has 1 aliphatic rings. The number of nitrogens with zero attached hydrogens (tertiary/aromatic N) is 1. The van der Waals surface area contributed by atoms with Gasteiger partial charge in [0.1, 0.15) is 4.88 Å². The summed E-state index contributed by atoms with van der Waals surface area (Å²) < 4.78 is 32.1. The van der Waals surface area contributed by atoms with Crippen molar-refractivity contribution < 1.29 is 23.1 Å². The van der Waals surface area contributed by atoms with Crippen LogP contribution in [0.1, 0.15) is 27.9 Å². The second kappa shape index (κ2) is 5.80. The Morgan fingerprint density at radius 2 is 2.30 bits per heavy atom. The zero-order valence-corrected chi connectivity index (χ0v) is 13.0. The molecule has 2 rings (SSSR count). The van der Waals surface area contributed by atoms with Gasteiger partial charge in [-0.05, 0) is 19.4 Å². The van der Waals surface area contributed by atoms with E-state index in [2.05, 4.69) is 0 Å². The minimum Gasteiger partial charge on any atom is -0.477 e. The first kappa shape index (κ1) is 15.4. The number of thiophene rings is 1. The van der Waals surface area contributed by atoms with Gasteiger partial charge in [0, 0.05) is 17.5 Å². The molecule has 1 N–H and O–H groups in total. The van der Waals surface area contributed by atoms with E-state index in [0.29, 0.717) is 31.1 Å². The highest BCUT2D eigenvalue weighted by Gasteiger charge is 2.35. The van der Waals surface area contributed by atoms with E-state index >= 15 is 0 Å². The average Bonchev–Trinajstić information content (AvgIpc) is 2.81. The van der Waals surface area contributed by atoms with Crippen LogP contribution < -0.4 is 0 Å². The Balaban J connectivity index is 2.41. The average molecular weight is 319 g/mol. The van der Waals surface area contributed by atoms with Crippen LogP contribution in [0.25, 0.3) is 0 Å². The van der Waals surface area contributed by atoms with Gasteiger partial charge >= 0.3 is 5.97 Å². The molecule has 112 valence electrons. The minimum absolute atomic E-state index is 0.0439. The summed E-state index contributed by atoms with van der Waals surface area (Å²) in [6, 6.07) is 1.06. The van der Waals surface area contributed by atoms with E-state index in [1.807, 2.05) is 6.92 Å². The van der Waals surface area contributed by atoms with E-state index < -0.39 is 16.0 Å². The van der Waals surface area contributed by atoms with E-state index in [1.165, 1.54) is 10.4 Å². The number of rotatable bonds is 4. The number of morpholine rings is 1. The standard InChI is InChI=1S/C12H17NO5S2/c1-3-9-7-18-5-4-13(9)20(16,17)11-6-10(12(14)15)19-8(11)2/h6,9H,3-5,7H2,1-2H3,(H,14,15). The third kappa shape index (κ3) is 2.73. The smallest absolute Gasteiger partial charge is 0.345 e. The van der Waals surface area contributed by atoms with Gasteiger partial charge in [-0.15, -0.1) is 11.3 Å². The number of sulfonamides is 1. The predicted octanol–water partition coefficient (Wildman–Crippen LogP) is 1.55. The van der Waals surface area contributed by atoms with Crippen molar-refractivity contribution >= 4 is 27.3 Å². The van der Waals surface area contributed by atoms with E-state index in [4.69, 9.17) is 9.84 Å². The number of hydrogen-bond donors (Lipinski definition) is 1. The number of carbonyl (C=O) groups is 1. The van der Waals surface area contributed by atoms with Crippen LogP contribution in [0.2, 0.25) is 0 Å². The van der Waals surface area contributed by atoms with Gasteiger partial charge in [-0.3, -0.25) is 0 Å². The van der Waals surface area contributed by atoms with Gasteiger partial charge in [-0.2, -0.15) is 4.31 Å². The third-order valence-corrected chi connectivity index (χ3v) is 6.56. The zero-order valence-electron chi connectivity index (χ0n) is 11.3. The lowest BCUT2D eigenvalue weighted by atomic mass is 10.2. The SMILES string of the molecule is CCC1COCCN1S(=O)(=O)c1cc(C(=O)O)sc1C. The lowest BCUT2D eigenvalue weighted by molar-refractivity contribution is 0.0314. The van der Waals surface area contributed by atoms with Crippen molar-refractivity contribution in [1.29, 1.82) is 0 Å². The summed E-state index contributed by atoms with van der Waals surface area (Å²) in [5.41, 5.74) is 0. The fourth-order valence-electron chi connectivity index (χ4n) is 2.23. The molecule has 2 heterocycles. The van der Waals surface area contributed by atoms with Crippen molar-refractivity contribution in [3.8, 4) is 0 Å². The maximum atomic E-state index is 12.7. The number of aryl methyl sites for hydroxylation is 1. The summed E-state index contributed by atoms with van der Waals surface area (Å²) in [4.78, 5) is 11.6. The van der Waals surface area contributed by atoms with Gasteiger partial charge in [0.15, 0.2) is 0 Å². The Kier molecular flexibility index (Phi) is 4.48. The van der Waals surface area contributed by atoms with Gasteiger partial charge in [-0.25, -0.2) is 13.2 Å². The van der Waals surface area contributed by atoms with Crippen molar-refractivity contribution in [3.63, 3.8) is 0 Å². The van der Waals surface area contributed by atoms with Gasteiger partial charge in [-0.1, -0.05) is 6.92 Å². The lowest BCUT2D eigenvalue weighted by Crippen LogP contribution is -2.48. The second-order valence-corrected chi connectivity index (χ2v) is 7.70. The molecule has 1 aliphatic heterocycles. The molecule has 0 aromatic carbocycles. The molecule has 20 heavy (non-hydrogen) atoms. The Morgan fingerprint density at radius 1 is 1.60 bits per heavy atom. The molecule has 0 bridgehead atoms. The van der Waals surface area contributed by atoms with Crippen LogP contribution in [0.4, 0.5) is 0 Å². The number of ether oxygens (including phenoxy) is 1. The first-order chi connectivity index (χ1) is 9.37. The molecule has 1 aromatic heterocycles. The van der Waals surface area contributed by atoms with E-state index in [9.17, 15) is 13.2 Å². The van der Waals surface area contributed by atoms with Crippen molar-refractivity contribution in [2.45, 2.75) is 31.2 Å². The molecule has 1 unspecified atom stereocenters. The summed E-state index contributed by atoms with van der Waals surface area (Å²) in [6.45, 7) is 4.59. The Labute approximate surface area is 122 Å². The van der Waals surface area contributed by atoms with Crippen molar-refractivity contribution in [3.05, 3.63) is 15.8 Å². The minimum atomic E-state index is -3.67. The fraction of sp³-hybridized carbons (Fsp3) is 0.583. The number of carboxylic acids is 1. The Bertz CT molecular complexity index is 607. The largest absolute Gasteiger partial charge is 0.477 e. The number of aromatic carboxylic acids is 1. The van der Waals surface area contributed by atoms with Gasteiger partial charge in [0.05, 0.1) is 18.1 Å². The summed E-state index contributed by atoms with van der Waals surface area (Å²) in [5.74, 6) is -1.10. The molecule has 0 radical (unpaired) electrons. The first-order valence-electron chi connectivity index (χ1n) is 6.31. The van der Waals surface area contributed by atoms with E-state index in [1.54, 1.807) is 6.92 Å². The highest BCUT2D eigenvalue weighted by Crippen LogP contribution is 2.30. The molecule has 1 saturated heterocycles. The van der Waals surface area contributed by atoms with Crippen LogP contribution in [0.15, 0.2) is 11.0 Å². The predicted molar refractivity (Wildman–Crippen MR) is 74.8 cm³/mol. The van der Waals surface area contributed by atoms with E-state index in [0.717, 1.165) is 11.3 Å². The lowest BCUT2D eigenvalue weighted by Gasteiger charge is -2.33. The maximum absolute atomic E-state index is 12.7. The molecule has 0 amide bonds. The first-order valence-corrected chi connectivity index (χ1v) is 8.57. The molecule has 0 spiro atoms. The second-order valence-electron chi connectivity index (χ2n) is 4.59. The quantitative estimate of drug-likeness (QED) is 0.910. The van der Waals surface area contributed by atoms with E-state index in [-0.39, 0.29) is 15.8 Å². The van der Waals surface area contributed by atoms with Crippen LogP contribution in [0.3, 0.4) is 0 Å². The van der Waals surface area contributed by atoms with Gasteiger partial charge in [0.2, 0.25) is 10.0 Å². The fourth-order valence-corrected chi connectivity index (χ4v) is 5.30. The van der Waals surface area contributed by atoms with Crippen LogP contribution in [-0.4, -0.2) is 49.6 Å². The zero-order chi connectivity index (χ0) is 14.9. The van der Waals surface area contributed by atoms with Crippen LogP contribution in [0, 0.1) is 6.92 Å².